The van der Waals surface area contributed by atoms with Crippen molar-refractivity contribution >= 4 is 0 Å². The predicted octanol–water partition coefficient (Wildman–Crippen LogP) is 3.70. The monoisotopic (exact) mass is 217 g/mol. The third-order valence-corrected chi connectivity index (χ3v) is 4.01. The average molecular weight is 217 g/mol. The fraction of sp³-hybridized carbons (Fsp3) is 0.600. The van der Waals surface area contributed by atoms with Crippen LogP contribution in [0.1, 0.15) is 50.5 Å². The largest absolute Gasteiger partial charge is 0.327 e. The van der Waals surface area contributed by atoms with Crippen molar-refractivity contribution in [1.29, 1.82) is 0 Å². The van der Waals surface area contributed by atoms with Crippen LogP contribution in [-0.2, 0) is 0 Å². The number of rotatable bonds is 5. The second-order valence-corrected chi connectivity index (χ2v) is 5.12. The van der Waals surface area contributed by atoms with E-state index in [9.17, 15) is 0 Å². The maximum atomic E-state index is 6.37. The molecule has 1 aliphatic rings. The van der Waals surface area contributed by atoms with Gasteiger partial charge in [-0.2, -0.15) is 0 Å². The predicted molar refractivity (Wildman–Crippen MR) is 69.4 cm³/mol. The van der Waals surface area contributed by atoms with Gasteiger partial charge in [0.2, 0.25) is 0 Å². The van der Waals surface area contributed by atoms with Gasteiger partial charge in [-0.3, -0.25) is 0 Å². The summed E-state index contributed by atoms with van der Waals surface area (Å²) >= 11 is 0. The molecule has 88 valence electrons. The maximum absolute atomic E-state index is 6.37. The molecule has 0 saturated heterocycles. The highest BCUT2D eigenvalue weighted by Crippen LogP contribution is 2.34. The van der Waals surface area contributed by atoms with E-state index in [4.69, 9.17) is 5.73 Å². The number of hydrogen-bond donors (Lipinski definition) is 1. The van der Waals surface area contributed by atoms with Crippen molar-refractivity contribution in [3.63, 3.8) is 0 Å². The van der Waals surface area contributed by atoms with Gasteiger partial charge in [-0.25, -0.2) is 0 Å². The Hall–Kier alpha value is -0.820. The Labute approximate surface area is 99.0 Å². The lowest BCUT2D eigenvalue weighted by Crippen LogP contribution is -2.32. The minimum atomic E-state index is 0.345. The molecule has 1 nitrogen and oxygen atoms in total. The smallest absolute Gasteiger partial charge is 0.0110 e. The highest BCUT2D eigenvalue weighted by molar-refractivity contribution is 5.21. The Morgan fingerprint density at radius 2 is 1.94 bits per heavy atom. The first kappa shape index (κ1) is 11.7. The van der Waals surface area contributed by atoms with Gasteiger partial charge in [0.15, 0.2) is 0 Å². The van der Waals surface area contributed by atoms with Gasteiger partial charge in [-0.15, -0.1) is 0 Å². The molecule has 0 bridgehead atoms. The van der Waals surface area contributed by atoms with Crippen LogP contribution in [0.25, 0.3) is 0 Å². The summed E-state index contributed by atoms with van der Waals surface area (Å²) in [6.45, 7) is 2.25. The van der Waals surface area contributed by atoms with Crippen LogP contribution in [-0.4, -0.2) is 6.04 Å². The average Bonchev–Trinajstić information content (AvgIpc) is 2.26. The first-order valence-electron chi connectivity index (χ1n) is 6.61. The van der Waals surface area contributed by atoms with E-state index in [1.165, 1.54) is 31.2 Å². The number of nitrogens with two attached hydrogens (primary N) is 1. The second-order valence-electron chi connectivity index (χ2n) is 5.12. The number of benzene rings is 1. The van der Waals surface area contributed by atoms with E-state index in [2.05, 4.69) is 37.3 Å². The zero-order valence-corrected chi connectivity index (χ0v) is 10.2. The normalized spacial score (nSPS) is 20.1. The van der Waals surface area contributed by atoms with Crippen LogP contribution in [0.2, 0.25) is 0 Å². The molecule has 2 atom stereocenters. The maximum Gasteiger partial charge on any atom is 0.0110 e. The SMILES string of the molecule is CCC(c1ccccc1)C(N)CC1CCC1. The van der Waals surface area contributed by atoms with E-state index in [1.54, 1.807) is 0 Å². The molecule has 1 fully saturated rings. The summed E-state index contributed by atoms with van der Waals surface area (Å²) in [5.74, 6) is 1.45. The molecule has 0 aromatic heterocycles. The van der Waals surface area contributed by atoms with E-state index < -0.39 is 0 Å². The first-order valence-corrected chi connectivity index (χ1v) is 6.61. The van der Waals surface area contributed by atoms with E-state index in [-0.39, 0.29) is 0 Å². The molecule has 1 aromatic rings. The summed E-state index contributed by atoms with van der Waals surface area (Å²) in [6.07, 6.45) is 6.59. The summed E-state index contributed by atoms with van der Waals surface area (Å²) in [5, 5.41) is 0. The summed E-state index contributed by atoms with van der Waals surface area (Å²) in [4.78, 5) is 0. The highest BCUT2D eigenvalue weighted by Gasteiger charge is 2.25. The summed E-state index contributed by atoms with van der Waals surface area (Å²) in [6, 6.07) is 11.1. The molecule has 16 heavy (non-hydrogen) atoms. The van der Waals surface area contributed by atoms with Crippen LogP contribution < -0.4 is 5.73 Å². The van der Waals surface area contributed by atoms with Crippen LogP contribution in [0.4, 0.5) is 0 Å². The molecule has 0 aliphatic heterocycles. The molecule has 1 aromatic carbocycles. The zero-order valence-electron chi connectivity index (χ0n) is 10.2. The van der Waals surface area contributed by atoms with Gasteiger partial charge in [0, 0.05) is 6.04 Å². The fourth-order valence-electron chi connectivity index (χ4n) is 2.76. The van der Waals surface area contributed by atoms with Crippen molar-refractivity contribution in [3.05, 3.63) is 35.9 Å². The summed E-state index contributed by atoms with van der Waals surface area (Å²) in [7, 11) is 0. The second kappa shape index (κ2) is 5.49. The first-order chi connectivity index (χ1) is 7.81. The van der Waals surface area contributed by atoms with E-state index in [1.807, 2.05) is 0 Å². The summed E-state index contributed by atoms with van der Waals surface area (Å²) < 4.78 is 0. The van der Waals surface area contributed by atoms with Crippen molar-refractivity contribution in [3.8, 4) is 0 Å². The highest BCUT2D eigenvalue weighted by atomic mass is 14.7. The van der Waals surface area contributed by atoms with Crippen LogP contribution in [0.15, 0.2) is 30.3 Å². The Balaban J connectivity index is 1.98. The number of hydrogen-bond acceptors (Lipinski definition) is 1. The van der Waals surface area contributed by atoms with Gasteiger partial charge < -0.3 is 5.73 Å². The van der Waals surface area contributed by atoms with Gasteiger partial charge in [0.05, 0.1) is 0 Å². The molecule has 2 unspecified atom stereocenters. The van der Waals surface area contributed by atoms with E-state index >= 15 is 0 Å². The van der Waals surface area contributed by atoms with E-state index in [0.29, 0.717) is 12.0 Å². The fourth-order valence-corrected chi connectivity index (χ4v) is 2.76. The van der Waals surface area contributed by atoms with Crippen molar-refractivity contribution < 1.29 is 0 Å². The van der Waals surface area contributed by atoms with Crippen LogP contribution in [0.5, 0.6) is 0 Å². The topological polar surface area (TPSA) is 26.0 Å². The van der Waals surface area contributed by atoms with Gasteiger partial charge in [0.1, 0.15) is 0 Å². The molecular weight excluding hydrogens is 194 g/mol. The molecule has 0 radical (unpaired) electrons. The van der Waals surface area contributed by atoms with Crippen LogP contribution in [0.3, 0.4) is 0 Å². The molecule has 1 saturated carbocycles. The minimum Gasteiger partial charge on any atom is -0.327 e. The van der Waals surface area contributed by atoms with Crippen molar-refractivity contribution in [2.45, 2.75) is 51.0 Å². The standard InChI is InChI=1S/C15H23N/c1-2-14(13-9-4-3-5-10-13)15(16)11-12-7-6-8-12/h3-5,9-10,12,14-15H,2,6-8,11,16H2,1H3. The van der Waals surface area contributed by atoms with Crippen molar-refractivity contribution in [1.82, 2.24) is 0 Å². The van der Waals surface area contributed by atoms with Gasteiger partial charge in [0.25, 0.3) is 0 Å². The van der Waals surface area contributed by atoms with Gasteiger partial charge in [-0.05, 0) is 30.2 Å². The Kier molecular flexibility index (Phi) is 4.00. The van der Waals surface area contributed by atoms with E-state index in [0.717, 1.165) is 12.3 Å². The third-order valence-electron chi connectivity index (χ3n) is 4.01. The quantitative estimate of drug-likeness (QED) is 0.799. The Morgan fingerprint density at radius 3 is 2.44 bits per heavy atom. The molecule has 1 heteroatoms. The lowest BCUT2D eigenvalue weighted by molar-refractivity contribution is 0.262. The molecule has 2 N–H and O–H groups in total. The Morgan fingerprint density at radius 1 is 1.25 bits per heavy atom. The molecule has 0 amide bonds. The molecule has 0 heterocycles. The van der Waals surface area contributed by atoms with Crippen LogP contribution >= 0.6 is 0 Å². The molecular formula is C15H23N. The summed E-state index contributed by atoms with van der Waals surface area (Å²) in [5.41, 5.74) is 7.78. The molecule has 0 spiro atoms. The molecule has 2 rings (SSSR count). The van der Waals surface area contributed by atoms with Crippen molar-refractivity contribution in [2.24, 2.45) is 11.7 Å². The lowest BCUT2D eigenvalue weighted by Gasteiger charge is -2.31. The van der Waals surface area contributed by atoms with Gasteiger partial charge >= 0.3 is 0 Å². The zero-order chi connectivity index (χ0) is 11.4. The lowest BCUT2D eigenvalue weighted by atomic mass is 9.76. The van der Waals surface area contributed by atoms with Crippen molar-refractivity contribution in [2.75, 3.05) is 0 Å². The van der Waals surface area contributed by atoms with Gasteiger partial charge in [-0.1, -0.05) is 56.5 Å². The van der Waals surface area contributed by atoms with Crippen LogP contribution in [0, 0.1) is 5.92 Å². The Bertz CT molecular complexity index is 302. The minimum absolute atomic E-state index is 0.345. The molecule has 1 aliphatic carbocycles. The third kappa shape index (κ3) is 2.65.